The van der Waals surface area contributed by atoms with Crippen molar-refractivity contribution in [3.8, 4) is 0 Å². The minimum absolute atomic E-state index is 0. The molecule has 3 N–H and O–H groups in total. The maximum absolute atomic E-state index is 12.2. The Morgan fingerprint density at radius 2 is 1.91 bits per heavy atom. The molecule has 0 aliphatic heterocycles. The van der Waals surface area contributed by atoms with Crippen molar-refractivity contribution >= 4 is 30.7 Å². The van der Waals surface area contributed by atoms with Crippen LogP contribution in [0.4, 0.5) is 0 Å². The van der Waals surface area contributed by atoms with Gasteiger partial charge >= 0.3 is 0 Å². The second-order valence-electron chi connectivity index (χ2n) is 5.88. The van der Waals surface area contributed by atoms with Crippen LogP contribution in [0.3, 0.4) is 0 Å². The summed E-state index contributed by atoms with van der Waals surface area (Å²) in [6.45, 7) is 6.76. The maximum Gasteiger partial charge on any atom is 0.224 e. The molecule has 4 nitrogen and oxygen atoms in total. The molecule has 0 bridgehead atoms. The highest BCUT2D eigenvalue weighted by Crippen LogP contribution is 2.25. The van der Waals surface area contributed by atoms with E-state index in [1.807, 2.05) is 37.3 Å². The molecule has 0 spiro atoms. The summed E-state index contributed by atoms with van der Waals surface area (Å²) in [5, 5.41) is 3.02. The lowest BCUT2D eigenvalue weighted by molar-refractivity contribution is -0.125. The molecule has 1 fully saturated rings. The maximum atomic E-state index is 12.2. The smallest absolute Gasteiger partial charge is 0.224 e. The molecule has 1 aromatic carbocycles. The minimum atomic E-state index is -0.253. The van der Waals surface area contributed by atoms with Crippen LogP contribution in [0.15, 0.2) is 30.3 Å². The van der Waals surface area contributed by atoms with Crippen molar-refractivity contribution in [2.75, 3.05) is 19.6 Å². The highest BCUT2D eigenvalue weighted by Gasteiger charge is 2.27. The standard InChI is InChI=1S/C17H27N3O.2ClH/c1-3-20(15-9-10-15)12-11-19-17(21)13(2)16(18)14-7-5-4-6-8-14;;/h4-8,13,15-16H,3,9-12,18H2,1-2H3,(H,19,21);2*1H. The van der Waals surface area contributed by atoms with Gasteiger partial charge in [0.15, 0.2) is 0 Å². The summed E-state index contributed by atoms with van der Waals surface area (Å²) in [4.78, 5) is 14.6. The predicted molar refractivity (Wildman–Crippen MR) is 100 cm³/mol. The van der Waals surface area contributed by atoms with Crippen LogP contribution in [-0.2, 0) is 4.79 Å². The highest BCUT2D eigenvalue weighted by atomic mass is 35.5. The van der Waals surface area contributed by atoms with Crippen molar-refractivity contribution in [1.29, 1.82) is 0 Å². The summed E-state index contributed by atoms with van der Waals surface area (Å²) in [6.07, 6.45) is 2.61. The zero-order valence-corrected chi connectivity index (χ0v) is 15.5. The van der Waals surface area contributed by atoms with E-state index in [2.05, 4.69) is 17.1 Å². The number of halogens is 2. The van der Waals surface area contributed by atoms with Crippen LogP contribution in [0.2, 0.25) is 0 Å². The largest absolute Gasteiger partial charge is 0.355 e. The lowest BCUT2D eigenvalue weighted by Crippen LogP contribution is -2.40. The zero-order chi connectivity index (χ0) is 15.2. The Hall–Kier alpha value is -0.810. The van der Waals surface area contributed by atoms with Gasteiger partial charge in [0, 0.05) is 25.2 Å². The van der Waals surface area contributed by atoms with E-state index in [4.69, 9.17) is 5.73 Å². The summed E-state index contributed by atoms with van der Waals surface area (Å²) < 4.78 is 0. The molecule has 1 saturated carbocycles. The van der Waals surface area contributed by atoms with Crippen molar-refractivity contribution in [2.45, 2.75) is 38.8 Å². The Morgan fingerprint density at radius 1 is 1.30 bits per heavy atom. The lowest BCUT2D eigenvalue weighted by atomic mass is 9.95. The van der Waals surface area contributed by atoms with Crippen molar-refractivity contribution in [1.82, 2.24) is 10.2 Å². The summed E-state index contributed by atoms with van der Waals surface area (Å²) in [7, 11) is 0. The molecule has 1 aliphatic carbocycles. The normalized spacial score (nSPS) is 16.0. The molecule has 23 heavy (non-hydrogen) atoms. The average Bonchev–Trinajstić information content (AvgIpc) is 3.35. The number of nitrogens with two attached hydrogens (primary N) is 1. The number of hydrogen-bond acceptors (Lipinski definition) is 3. The van der Waals surface area contributed by atoms with Gasteiger partial charge in [-0.15, -0.1) is 24.8 Å². The van der Waals surface area contributed by atoms with E-state index < -0.39 is 0 Å². The van der Waals surface area contributed by atoms with E-state index in [9.17, 15) is 4.79 Å². The number of nitrogens with zero attached hydrogens (tertiary/aromatic N) is 1. The summed E-state index contributed by atoms with van der Waals surface area (Å²) in [6, 6.07) is 10.3. The molecule has 2 atom stereocenters. The van der Waals surface area contributed by atoms with Crippen molar-refractivity contribution in [3.05, 3.63) is 35.9 Å². The minimum Gasteiger partial charge on any atom is -0.355 e. The molecule has 132 valence electrons. The quantitative estimate of drug-likeness (QED) is 0.748. The molecule has 6 heteroatoms. The molecule has 1 aromatic rings. The fourth-order valence-electron chi connectivity index (χ4n) is 2.65. The van der Waals surface area contributed by atoms with E-state index in [1.54, 1.807) is 0 Å². The molecule has 2 unspecified atom stereocenters. The number of carbonyl (C=O) groups is 1. The SMILES string of the molecule is CCN(CCNC(=O)C(C)C(N)c1ccccc1)C1CC1.Cl.Cl. The number of hydrogen-bond donors (Lipinski definition) is 2. The highest BCUT2D eigenvalue weighted by molar-refractivity contribution is 5.85. The van der Waals surface area contributed by atoms with Crippen LogP contribution in [0.25, 0.3) is 0 Å². The summed E-state index contributed by atoms with van der Waals surface area (Å²) >= 11 is 0. The lowest BCUT2D eigenvalue weighted by Gasteiger charge is -2.22. The number of nitrogens with one attached hydrogen (secondary N) is 1. The second-order valence-corrected chi connectivity index (χ2v) is 5.88. The molecule has 0 radical (unpaired) electrons. The van der Waals surface area contributed by atoms with Gasteiger partial charge in [0.05, 0.1) is 5.92 Å². The number of rotatable bonds is 8. The number of amides is 1. The van der Waals surface area contributed by atoms with Gasteiger partial charge in [-0.05, 0) is 24.9 Å². The fraction of sp³-hybridized carbons (Fsp3) is 0.588. The zero-order valence-electron chi connectivity index (χ0n) is 13.9. The summed E-state index contributed by atoms with van der Waals surface area (Å²) in [5.74, 6) is -0.179. The first-order valence-corrected chi connectivity index (χ1v) is 7.95. The van der Waals surface area contributed by atoms with Gasteiger partial charge in [0.1, 0.15) is 0 Å². The third-order valence-corrected chi connectivity index (χ3v) is 4.30. The van der Waals surface area contributed by atoms with E-state index >= 15 is 0 Å². The van der Waals surface area contributed by atoms with Gasteiger partial charge in [-0.25, -0.2) is 0 Å². The Morgan fingerprint density at radius 3 is 2.43 bits per heavy atom. The topological polar surface area (TPSA) is 58.4 Å². The van der Waals surface area contributed by atoms with Crippen molar-refractivity contribution < 1.29 is 4.79 Å². The molecule has 2 rings (SSSR count). The number of benzene rings is 1. The monoisotopic (exact) mass is 361 g/mol. The first kappa shape index (κ1) is 22.2. The van der Waals surface area contributed by atoms with Gasteiger partial charge in [-0.3, -0.25) is 9.69 Å². The molecular weight excluding hydrogens is 333 g/mol. The second kappa shape index (κ2) is 10.9. The molecule has 1 amide bonds. The van der Waals surface area contributed by atoms with E-state index in [1.165, 1.54) is 12.8 Å². The summed E-state index contributed by atoms with van der Waals surface area (Å²) in [5.41, 5.74) is 7.19. The first-order chi connectivity index (χ1) is 10.1. The van der Waals surface area contributed by atoms with Crippen LogP contribution in [-0.4, -0.2) is 36.5 Å². The van der Waals surface area contributed by atoms with Crippen LogP contribution in [0.5, 0.6) is 0 Å². The third-order valence-electron chi connectivity index (χ3n) is 4.30. The van der Waals surface area contributed by atoms with E-state index in [-0.39, 0.29) is 42.7 Å². The number of carbonyl (C=O) groups excluding carboxylic acids is 1. The average molecular weight is 362 g/mol. The van der Waals surface area contributed by atoms with Gasteiger partial charge in [0.2, 0.25) is 5.91 Å². The van der Waals surface area contributed by atoms with E-state index in [0.717, 1.165) is 24.7 Å². The Labute approximate surface area is 152 Å². The molecule has 1 aliphatic rings. The molecule has 0 heterocycles. The van der Waals surface area contributed by atoms with Crippen molar-refractivity contribution in [3.63, 3.8) is 0 Å². The van der Waals surface area contributed by atoms with Crippen LogP contribution < -0.4 is 11.1 Å². The van der Waals surface area contributed by atoms with Gasteiger partial charge < -0.3 is 11.1 Å². The number of likely N-dealkylation sites (N-methyl/N-ethyl adjacent to an activating group) is 1. The van der Waals surface area contributed by atoms with E-state index in [0.29, 0.717) is 6.54 Å². The van der Waals surface area contributed by atoms with Crippen LogP contribution in [0, 0.1) is 5.92 Å². The Bertz CT molecular complexity index is 454. The first-order valence-electron chi connectivity index (χ1n) is 7.95. The van der Waals surface area contributed by atoms with Gasteiger partial charge in [-0.2, -0.15) is 0 Å². The Balaban J connectivity index is 0.00000242. The van der Waals surface area contributed by atoms with Crippen LogP contribution in [0.1, 0.15) is 38.3 Å². The van der Waals surface area contributed by atoms with Crippen molar-refractivity contribution in [2.24, 2.45) is 11.7 Å². The van der Waals surface area contributed by atoms with Crippen LogP contribution >= 0.6 is 24.8 Å². The fourth-order valence-corrected chi connectivity index (χ4v) is 2.65. The van der Waals surface area contributed by atoms with Gasteiger partial charge in [0.25, 0.3) is 0 Å². The third kappa shape index (κ3) is 6.68. The predicted octanol–water partition coefficient (Wildman–Crippen LogP) is 2.77. The molecule has 0 aromatic heterocycles. The molecular formula is C17H29Cl2N3O. The van der Waals surface area contributed by atoms with Gasteiger partial charge in [-0.1, -0.05) is 44.2 Å². The molecule has 0 saturated heterocycles. The Kier molecular flexibility index (Phi) is 10.5.